The van der Waals surface area contributed by atoms with Gasteiger partial charge < -0.3 is 9.84 Å². The van der Waals surface area contributed by atoms with E-state index in [0.717, 1.165) is 5.56 Å². The summed E-state index contributed by atoms with van der Waals surface area (Å²) in [4.78, 5) is 12.2. The van der Waals surface area contributed by atoms with Gasteiger partial charge in [-0.05, 0) is 24.8 Å². The van der Waals surface area contributed by atoms with E-state index in [0.29, 0.717) is 18.9 Å². The Hall–Kier alpha value is -1.39. The van der Waals surface area contributed by atoms with Gasteiger partial charge in [-0.3, -0.25) is 5.32 Å². The van der Waals surface area contributed by atoms with Crippen LogP contribution in [0.1, 0.15) is 38.8 Å². The van der Waals surface area contributed by atoms with Gasteiger partial charge in [0.1, 0.15) is 6.04 Å². The SMILES string of the molecule is CCOC(=O)C(NC(CCO)C(C)C)c1ccccc1. The number of aliphatic hydroxyl groups excluding tert-OH is 1. The Morgan fingerprint density at radius 2 is 1.95 bits per heavy atom. The molecule has 2 unspecified atom stereocenters. The highest BCUT2D eigenvalue weighted by molar-refractivity contribution is 5.77. The zero-order valence-corrected chi connectivity index (χ0v) is 12.5. The topological polar surface area (TPSA) is 58.6 Å². The van der Waals surface area contributed by atoms with Crippen molar-refractivity contribution in [1.82, 2.24) is 5.32 Å². The molecule has 0 saturated carbocycles. The molecule has 0 amide bonds. The predicted molar refractivity (Wildman–Crippen MR) is 79.3 cm³/mol. The normalized spacial score (nSPS) is 14.1. The Morgan fingerprint density at radius 3 is 2.45 bits per heavy atom. The molecule has 0 aliphatic heterocycles. The number of benzene rings is 1. The van der Waals surface area contributed by atoms with E-state index in [1.54, 1.807) is 6.92 Å². The molecule has 1 aromatic carbocycles. The lowest BCUT2D eigenvalue weighted by molar-refractivity contribution is -0.146. The molecular weight excluding hydrogens is 254 g/mol. The zero-order chi connectivity index (χ0) is 15.0. The molecule has 0 fully saturated rings. The molecule has 112 valence electrons. The maximum atomic E-state index is 12.2. The van der Waals surface area contributed by atoms with Gasteiger partial charge in [0.15, 0.2) is 0 Å². The molecule has 0 heterocycles. The first kappa shape index (κ1) is 16.7. The average Bonchev–Trinajstić information content (AvgIpc) is 2.44. The molecule has 2 atom stereocenters. The van der Waals surface area contributed by atoms with Crippen molar-refractivity contribution in [3.05, 3.63) is 35.9 Å². The second kappa shape index (κ2) is 8.72. The Labute approximate surface area is 121 Å². The first-order valence-electron chi connectivity index (χ1n) is 7.18. The lowest BCUT2D eigenvalue weighted by Crippen LogP contribution is -2.41. The van der Waals surface area contributed by atoms with Crippen LogP contribution in [0.5, 0.6) is 0 Å². The molecular formula is C16H25NO3. The average molecular weight is 279 g/mol. The van der Waals surface area contributed by atoms with Crippen LogP contribution in [0.25, 0.3) is 0 Å². The molecule has 4 heteroatoms. The van der Waals surface area contributed by atoms with Gasteiger partial charge in [0.05, 0.1) is 6.61 Å². The van der Waals surface area contributed by atoms with Gasteiger partial charge in [-0.25, -0.2) is 4.79 Å². The fourth-order valence-electron chi connectivity index (χ4n) is 2.13. The van der Waals surface area contributed by atoms with Crippen LogP contribution in [0, 0.1) is 5.92 Å². The number of carbonyl (C=O) groups excluding carboxylic acids is 1. The van der Waals surface area contributed by atoms with Crippen molar-refractivity contribution in [3.8, 4) is 0 Å². The third-order valence-electron chi connectivity index (χ3n) is 3.28. The molecule has 0 aromatic heterocycles. The van der Waals surface area contributed by atoms with E-state index in [1.807, 2.05) is 30.3 Å². The smallest absolute Gasteiger partial charge is 0.327 e. The number of rotatable bonds is 8. The standard InChI is InChI=1S/C16H25NO3/c1-4-20-16(19)15(13-8-6-5-7-9-13)17-14(10-11-18)12(2)3/h5-9,12,14-15,17-18H,4,10-11H2,1-3H3. The number of aliphatic hydroxyl groups is 1. The van der Waals surface area contributed by atoms with Crippen LogP contribution in [0.3, 0.4) is 0 Å². The van der Waals surface area contributed by atoms with Crippen molar-refractivity contribution in [3.63, 3.8) is 0 Å². The lowest BCUT2D eigenvalue weighted by atomic mass is 9.98. The summed E-state index contributed by atoms with van der Waals surface area (Å²) in [6, 6.07) is 9.11. The first-order valence-corrected chi connectivity index (χ1v) is 7.18. The molecule has 2 N–H and O–H groups in total. The van der Waals surface area contributed by atoms with Crippen molar-refractivity contribution in [2.45, 2.75) is 39.3 Å². The van der Waals surface area contributed by atoms with E-state index in [4.69, 9.17) is 9.84 Å². The van der Waals surface area contributed by atoms with Crippen LogP contribution in [0.15, 0.2) is 30.3 Å². The summed E-state index contributed by atoms with van der Waals surface area (Å²) in [5.41, 5.74) is 0.884. The molecule has 1 aromatic rings. The first-order chi connectivity index (χ1) is 9.60. The van der Waals surface area contributed by atoms with Gasteiger partial charge in [-0.15, -0.1) is 0 Å². The fourth-order valence-corrected chi connectivity index (χ4v) is 2.13. The van der Waals surface area contributed by atoms with Crippen LogP contribution in [0.2, 0.25) is 0 Å². The van der Waals surface area contributed by atoms with E-state index >= 15 is 0 Å². The molecule has 20 heavy (non-hydrogen) atoms. The molecule has 0 saturated heterocycles. The highest BCUT2D eigenvalue weighted by Gasteiger charge is 2.26. The summed E-state index contributed by atoms with van der Waals surface area (Å²) in [5, 5.41) is 12.5. The third-order valence-corrected chi connectivity index (χ3v) is 3.28. The Morgan fingerprint density at radius 1 is 1.30 bits per heavy atom. The van der Waals surface area contributed by atoms with Crippen LogP contribution in [-0.2, 0) is 9.53 Å². The van der Waals surface area contributed by atoms with E-state index < -0.39 is 6.04 Å². The van der Waals surface area contributed by atoms with Gasteiger partial charge in [0.2, 0.25) is 0 Å². The number of hydrogen-bond acceptors (Lipinski definition) is 4. The predicted octanol–water partition coefficient (Wildman–Crippen LogP) is 2.29. The van der Waals surface area contributed by atoms with Crippen LogP contribution >= 0.6 is 0 Å². The van der Waals surface area contributed by atoms with Crippen molar-refractivity contribution < 1.29 is 14.6 Å². The monoisotopic (exact) mass is 279 g/mol. The second-order valence-electron chi connectivity index (χ2n) is 5.13. The van der Waals surface area contributed by atoms with Crippen molar-refractivity contribution in [2.75, 3.05) is 13.2 Å². The third kappa shape index (κ3) is 4.94. The highest BCUT2D eigenvalue weighted by Crippen LogP contribution is 2.18. The summed E-state index contributed by atoms with van der Waals surface area (Å²) < 4.78 is 5.15. The summed E-state index contributed by atoms with van der Waals surface area (Å²) in [5.74, 6) is 0.0464. The number of esters is 1. The van der Waals surface area contributed by atoms with E-state index in [2.05, 4.69) is 19.2 Å². The molecule has 0 aliphatic carbocycles. The van der Waals surface area contributed by atoms with Crippen molar-refractivity contribution in [2.24, 2.45) is 5.92 Å². The van der Waals surface area contributed by atoms with E-state index in [9.17, 15) is 4.79 Å². The maximum absolute atomic E-state index is 12.2. The highest BCUT2D eigenvalue weighted by atomic mass is 16.5. The molecule has 0 radical (unpaired) electrons. The quantitative estimate of drug-likeness (QED) is 0.717. The molecule has 0 spiro atoms. The molecule has 0 bridgehead atoms. The minimum absolute atomic E-state index is 0.0645. The van der Waals surface area contributed by atoms with Gasteiger partial charge in [0.25, 0.3) is 0 Å². The number of hydrogen-bond donors (Lipinski definition) is 2. The van der Waals surface area contributed by atoms with E-state index in [-0.39, 0.29) is 18.6 Å². The van der Waals surface area contributed by atoms with Gasteiger partial charge >= 0.3 is 5.97 Å². The van der Waals surface area contributed by atoms with Gasteiger partial charge in [-0.2, -0.15) is 0 Å². The minimum Gasteiger partial charge on any atom is -0.465 e. The Bertz CT molecular complexity index is 392. The number of ether oxygens (including phenoxy) is 1. The van der Waals surface area contributed by atoms with Gasteiger partial charge in [-0.1, -0.05) is 44.2 Å². The zero-order valence-electron chi connectivity index (χ0n) is 12.5. The molecule has 4 nitrogen and oxygen atoms in total. The van der Waals surface area contributed by atoms with Crippen LogP contribution in [0.4, 0.5) is 0 Å². The summed E-state index contributed by atoms with van der Waals surface area (Å²) >= 11 is 0. The lowest BCUT2D eigenvalue weighted by Gasteiger charge is -2.27. The molecule has 1 rings (SSSR count). The summed E-state index contributed by atoms with van der Waals surface area (Å²) in [6.07, 6.45) is 0.612. The van der Waals surface area contributed by atoms with Crippen molar-refractivity contribution in [1.29, 1.82) is 0 Å². The fraction of sp³-hybridized carbons (Fsp3) is 0.562. The largest absolute Gasteiger partial charge is 0.465 e. The summed E-state index contributed by atoms with van der Waals surface area (Å²) in [7, 11) is 0. The Kier molecular flexibility index (Phi) is 7.26. The summed E-state index contributed by atoms with van der Waals surface area (Å²) in [6.45, 7) is 6.39. The van der Waals surface area contributed by atoms with Crippen molar-refractivity contribution >= 4 is 5.97 Å². The number of carbonyl (C=O) groups is 1. The van der Waals surface area contributed by atoms with Gasteiger partial charge in [0, 0.05) is 12.6 Å². The maximum Gasteiger partial charge on any atom is 0.327 e. The van der Waals surface area contributed by atoms with Crippen LogP contribution < -0.4 is 5.32 Å². The number of nitrogens with one attached hydrogen (secondary N) is 1. The Balaban J connectivity index is 2.90. The molecule has 0 aliphatic rings. The van der Waals surface area contributed by atoms with Crippen LogP contribution in [-0.4, -0.2) is 30.3 Å². The minimum atomic E-state index is -0.491. The second-order valence-corrected chi connectivity index (χ2v) is 5.13. The van der Waals surface area contributed by atoms with E-state index in [1.165, 1.54) is 0 Å².